The third-order valence-corrected chi connectivity index (χ3v) is 5.70. The molecule has 0 radical (unpaired) electrons. The van der Waals surface area contributed by atoms with E-state index in [0.29, 0.717) is 25.6 Å². The number of nitrogens with zero attached hydrogens (tertiary/aromatic N) is 2. The van der Waals surface area contributed by atoms with E-state index in [0.717, 1.165) is 29.9 Å². The van der Waals surface area contributed by atoms with Crippen molar-refractivity contribution in [3.63, 3.8) is 0 Å². The second-order valence-electron chi connectivity index (χ2n) is 7.46. The minimum atomic E-state index is -0.252. The molecule has 0 aromatic heterocycles. The Kier molecular flexibility index (Phi) is 5.42. The molecule has 3 rings (SSSR count). The maximum atomic E-state index is 12.5. The SMILES string of the molecule is Cc1cccc(N2CC(C(=O)NCC(C)N3CCCC3)CC2=O)c1C. The molecule has 0 aliphatic carbocycles. The predicted molar refractivity (Wildman–Crippen MR) is 99.7 cm³/mol. The number of benzene rings is 1. The van der Waals surface area contributed by atoms with Gasteiger partial charge in [0.25, 0.3) is 0 Å². The van der Waals surface area contributed by atoms with Crippen molar-refractivity contribution in [2.75, 3.05) is 31.1 Å². The lowest BCUT2D eigenvalue weighted by Gasteiger charge is -2.24. The highest BCUT2D eigenvalue weighted by molar-refractivity contribution is 6.00. The lowest BCUT2D eigenvalue weighted by Crippen LogP contribution is -2.43. The van der Waals surface area contributed by atoms with E-state index in [-0.39, 0.29) is 17.7 Å². The summed E-state index contributed by atoms with van der Waals surface area (Å²) in [7, 11) is 0. The monoisotopic (exact) mass is 343 g/mol. The van der Waals surface area contributed by atoms with E-state index in [9.17, 15) is 9.59 Å². The number of rotatable bonds is 5. The average molecular weight is 343 g/mol. The van der Waals surface area contributed by atoms with Crippen molar-refractivity contribution >= 4 is 17.5 Å². The van der Waals surface area contributed by atoms with Crippen molar-refractivity contribution in [2.24, 2.45) is 5.92 Å². The van der Waals surface area contributed by atoms with Crippen LogP contribution in [0.3, 0.4) is 0 Å². The van der Waals surface area contributed by atoms with E-state index in [1.54, 1.807) is 4.90 Å². The van der Waals surface area contributed by atoms with Crippen LogP contribution in [-0.4, -0.2) is 48.9 Å². The molecule has 2 amide bonds. The van der Waals surface area contributed by atoms with E-state index in [1.165, 1.54) is 12.8 Å². The van der Waals surface area contributed by atoms with Crippen LogP contribution in [0, 0.1) is 19.8 Å². The van der Waals surface area contributed by atoms with E-state index in [1.807, 2.05) is 32.0 Å². The van der Waals surface area contributed by atoms with Gasteiger partial charge in [0, 0.05) is 31.2 Å². The summed E-state index contributed by atoms with van der Waals surface area (Å²) in [4.78, 5) is 29.2. The Balaban J connectivity index is 1.58. The fourth-order valence-corrected chi connectivity index (χ4v) is 3.85. The number of nitrogens with one attached hydrogen (secondary N) is 1. The van der Waals surface area contributed by atoms with Crippen LogP contribution in [0.25, 0.3) is 0 Å². The lowest BCUT2D eigenvalue weighted by atomic mass is 10.1. The zero-order valence-electron chi connectivity index (χ0n) is 15.5. The van der Waals surface area contributed by atoms with Gasteiger partial charge in [-0.05, 0) is 63.9 Å². The average Bonchev–Trinajstić information content (AvgIpc) is 3.25. The highest BCUT2D eigenvalue weighted by Crippen LogP contribution is 2.29. The third kappa shape index (κ3) is 3.87. The molecule has 2 unspecified atom stereocenters. The van der Waals surface area contributed by atoms with Crippen LogP contribution in [0.4, 0.5) is 5.69 Å². The van der Waals surface area contributed by atoms with E-state index < -0.39 is 0 Å². The minimum Gasteiger partial charge on any atom is -0.354 e. The van der Waals surface area contributed by atoms with Crippen molar-refractivity contribution in [2.45, 2.75) is 46.1 Å². The van der Waals surface area contributed by atoms with Crippen molar-refractivity contribution in [3.05, 3.63) is 29.3 Å². The largest absolute Gasteiger partial charge is 0.354 e. The second kappa shape index (κ2) is 7.56. The predicted octanol–water partition coefficient (Wildman–Crippen LogP) is 2.26. The van der Waals surface area contributed by atoms with Gasteiger partial charge in [0.05, 0.1) is 5.92 Å². The molecule has 1 N–H and O–H groups in total. The highest BCUT2D eigenvalue weighted by atomic mass is 16.2. The zero-order chi connectivity index (χ0) is 18.0. The van der Waals surface area contributed by atoms with Crippen LogP contribution in [-0.2, 0) is 9.59 Å². The maximum Gasteiger partial charge on any atom is 0.227 e. The lowest BCUT2D eigenvalue weighted by molar-refractivity contribution is -0.126. The molecular formula is C20H29N3O2. The molecule has 5 nitrogen and oxygen atoms in total. The van der Waals surface area contributed by atoms with Crippen molar-refractivity contribution in [3.8, 4) is 0 Å². The van der Waals surface area contributed by atoms with Crippen LogP contribution in [0.1, 0.15) is 37.3 Å². The van der Waals surface area contributed by atoms with Gasteiger partial charge >= 0.3 is 0 Å². The molecule has 2 heterocycles. The Morgan fingerprint density at radius 1 is 1.28 bits per heavy atom. The normalized spacial score (nSPS) is 22.4. The van der Waals surface area contributed by atoms with E-state index in [4.69, 9.17) is 0 Å². The van der Waals surface area contributed by atoms with E-state index in [2.05, 4.69) is 17.1 Å². The van der Waals surface area contributed by atoms with Crippen LogP contribution >= 0.6 is 0 Å². The summed E-state index contributed by atoms with van der Waals surface area (Å²) in [6.45, 7) is 9.62. The summed E-state index contributed by atoms with van der Waals surface area (Å²) in [5.74, 6) is -0.202. The molecule has 136 valence electrons. The molecule has 0 spiro atoms. The highest BCUT2D eigenvalue weighted by Gasteiger charge is 2.35. The molecule has 2 saturated heterocycles. The van der Waals surface area contributed by atoms with Gasteiger partial charge < -0.3 is 10.2 Å². The molecule has 25 heavy (non-hydrogen) atoms. The number of carbonyl (C=O) groups is 2. The summed E-state index contributed by atoms with van der Waals surface area (Å²) >= 11 is 0. The summed E-state index contributed by atoms with van der Waals surface area (Å²) in [5, 5.41) is 3.06. The van der Waals surface area contributed by atoms with Crippen LogP contribution in [0.2, 0.25) is 0 Å². The Hall–Kier alpha value is -1.88. The molecule has 1 aromatic carbocycles. The number of anilines is 1. The number of amides is 2. The standard InChI is InChI=1S/C20H29N3O2/c1-14-7-6-8-18(16(14)3)23-13-17(11-19(23)24)20(25)21-12-15(2)22-9-4-5-10-22/h6-8,15,17H,4-5,9-13H2,1-3H3,(H,21,25). The summed E-state index contributed by atoms with van der Waals surface area (Å²) in [5.41, 5.74) is 3.21. The van der Waals surface area contributed by atoms with Gasteiger partial charge in [-0.25, -0.2) is 0 Å². The smallest absolute Gasteiger partial charge is 0.227 e. The number of hydrogen-bond acceptors (Lipinski definition) is 3. The summed E-state index contributed by atoms with van der Waals surface area (Å²) in [6.07, 6.45) is 2.80. The van der Waals surface area contributed by atoms with Crippen molar-refractivity contribution < 1.29 is 9.59 Å². The van der Waals surface area contributed by atoms with Gasteiger partial charge in [-0.3, -0.25) is 14.5 Å². The fraction of sp³-hybridized carbons (Fsp3) is 0.600. The molecule has 2 aliphatic heterocycles. The van der Waals surface area contributed by atoms with Crippen LogP contribution in [0.5, 0.6) is 0 Å². The van der Waals surface area contributed by atoms with Gasteiger partial charge in [-0.2, -0.15) is 0 Å². The Bertz CT molecular complexity index is 652. The molecule has 1 aromatic rings. The van der Waals surface area contributed by atoms with Gasteiger partial charge in [0.2, 0.25) is 11.8 Å². The van der Waals surface area contributed by atoms with Gasteiger partial charge in [-0.15, -0.1) is 0 Å². The number of carbonyl (C=O) groups excluding carboxylic acids is 2. The molecular weight excluding hydrogens is 314 g/mol. The zero-order valence-corrected chi connectivity index (χ0v) is 15.5. The quantitative estimate of drug-likeness (QED) is 0.892. The minimum absolute atomic E-state index is 0.00667. The Morgan fingerprint density at radius 2 is 2.00 bits per heavy atom. The molecule has 0 saturated carbocycles. The first kappa shape index (κ1) is 17.9. The van der Waals surface area contributed by atoms with Gasteiger partial charge in [0.1, 0.15) is 0 Å². The number of aryl methyl sites for hydroxylation is 1. The topological polar surface area (TPSA) is 52.7 Å². The maximum absolute atomic E-state index is 12.5. The second-order valence-corrected chi connectivity index (χ2v) is 7.46. The number of hydrogen-bond donors (Lipinski definition) is 1. The van der Waals surface area contributed by atoms with Crippen LogP contribution < -0.4 is 10.2 Å². The summed E-state index contributed by atoms with van der Waals surface area (Å²) < 4.78 is 0. The third-order valence-electron chi connectivity index (χ3n) is 5.70. The molecule has 0 bridgehead atoms. The van der Waals surface area contributed by atoms with Gasteiger partial charge in [0.15, 0.2) is 0 Å². The number of likely N-dealkylation sites (tertiary alicyclic amines) is 1. The first-order valence-electron chi connectivity index (χ1n) is 9.35. The molecule has 5 heteroatoms. The van der Waals surface area contributed by atoms with Crippen molar-refractivity contribution in [1.82, 2.24) is 10.2 Å². The fourth-order valence-electron chi connectivity index (χ4n) is 3.85. The van der Waals surface area contributed by atoms with Crippen LogP contribution in [0.15, 0.2) is 18.2 Å². The molecule has 2 atom stereocenters. The Labute approximate surface area is 150 Å². The van der Waals surface area contributed by atoms with E-state index >= 15 is 0 Å². The molecule has 2 aliphatic rings. The van der Waals surface area contributed by atoms with Gasteiger partial charge in [-0.1, -0.05) is 12.1 Å². The molecule has 2 fully saturated rings. The summed E-state index contributed by atoms with van der Waals surface area (Å²) in [6, 6.07) is 6.34. The van der Waals surface area contributed by atoms with Crippen molar-refractivity contribution in [1.29, 1.82) is 0 Å². The first-order valence-corrected chi connectivity index (χ1v) is 9.35. The Morgan fingerprint density at radius 3 is 2.72 bits per heavy atom. The first-order chi connectivity index (χ1) is 12.0.